The van der Waals surface area contributed by atoms with Crippen molar-refractivity contribution >= 4 is 0 Å². The number of hydrogen-bond acceptors (Lipinski definition) is 4. The SMILES string of the molecule is CC1CCCC(O)(CNC(C)c2c(O)cccc2O)C1. The van der Waals surface area contributed by atoms with Gasteiger partial charge in [0, 0.05) is 12.6 Å². The lowest BCUT2D eigenvalue weighted by Crippen LogP contribution is -2.44. The Labute approximate surface area is 120 Å². The number of phenolic OH excluding ortho intramolecular Hbond substituents is 2. The lowest BCUT2D eigenvalue weighted by Gasteiger charge is -2.36. The van der Waals surface area contributed by atoms with Gasteiger partial charge < -0.3 is 20.6 Å². The topological polar surface area (TPSA) is 72.7 Å². The monoisotopic (exact) mass is 279 g/mol. The zero-order valence-corrected chi connectivity index (χ0v) is 12.3. The third-order valence-electron chi connectivity index (χ3n) is 4.30. The molecule has 1 aliphatic carbocycles. The molecular formula is C16H25NO3. The minimum atomic E-state index is -0.675. The fourth-order valence-electron chi connectivity index (χ4n) is 3.22. The fourth-order valence-corrected chi connectivity index (χ4v) is 3.22. The smallest absolute Gasteiger partial charge is 0.124 e. The molecule has 1 saturated carbocycles. The fraction of sp³-hybridized carbons (Fsp3) is 0.625. The van der Waals surface area contributed by atoms with Crippen LogP contribution in [0.15, 0.2) is 18.2 Å². The van der Waals surface area contributed by atoms with E-state index in [9.17, 15) is 15.3 Å². The molecule has 1 fully saturated rings. The lowest BCUT2D eigenvalue weighted by molar-refractivity contribution is -0.0135. The van der Waals surface area contributed by atoms with Crippen LogP contribution in [0, 0.1) is 5.92 Å². The van der Waals surface area contributed by atoms with E-state index >= 15 is 0 Å². The normalized spacial score (nSPS) is 28.2. The summed E-state index contributed by atoms with van der Waals surface area (Å²) >= 11 is 0. The summed E-state index contributed by atoms with van der Waals surface area (Å²) in [6.45, 7) is 4.53. The van der Waals surface area contributed by atoms with Crippen LogP contribution < -0.4 is 5.32 Å². The van der Waals surface area contributed by atoms with Gasteiger partial charge in [0.25, 0.3) is 0 Å². The molecule has 4 N–H and O–H groups in total. The number of rotatable bonds is 4. The van der Waals surface area contributed by atoms with E-state index in [1.54, 1.807) is 18.2 Å². The van der Waals surface area contributed by atoms with Crippen LogP contribution in [0.2, 0.25) is 0 Å². The Bertz CT molecular complexity index is 443. The molecule has 0 bridgehead atoms. The van der Waals surface area contributed by atoms with E-state index in [0.29, 0.717) is 18.0 Å². The molecular weight excluding hydrogens is 254 g/mol. The van der Waals surface area contributed by atoms with Crippen LogP contribution in [0.3, 0.4) is 0 Å². The van der Waals surface area contributed by atoms with Gasteiger partial charge in [0.15, 0.2) is 0 Å². The van der Waals surface area contributed by atoms with Crippen molar-refractivity contribution in [3.63, 3.8) is 0 Å². The summed E-state index contributed by atoms with van der Waals surface area (Å²) < 4.78 is 0. The first kappa shape index (κ1) is 15.1. The van der Waals surface area contributed by atoms with Crippen molar-refractivity contribution < 1.29 is 15.3 Å². The van der Waals surface area contributed by atoms with Crippen molar-refractivity contribution in [2.45, 2.75) is 51.2 Å². The van der Waals surface area contributed by atoms with Crippen LogP contribution in [0.1, 0.15) is 51.1 Å². The Hall–Kier alpha value is -1.26. The molecule has 4 nitrogen and oxygen atoms in total. The number of hydrogen-bond donors (Lipinski definition) is 4. The number of aromatic hydroxyl groups is 2. The zero-order chi connectivity index (χ0) is 14.8. The molecule has 0 heterocycles. The van der Waals surface area contributed by atoms with Crippen molar-refractivity contribution in [3.05, 3.63) is 23.8 Å². The Morgan fingerprint density at radius 2 is 2.00 bits per heavy atom. The molecule has 1 aliphatic rings. The zero-order valence-electron chi connectivity index (χ0n) is 12.3. The number of benzene rings is 1. The summed E-state index contributed by atoms with van der Waals surface area (Å²) in [5.74, 6) is 0.701. The van der Waals surface area contributed by atoms with Crippen LogP contribution in [-0.4, -0.2) is 27.5 Å². The largest absolute Gasteiger partial charge is 0.507 e. The lowest BCUT2D eigenvalue weighted by atomic mass is 9.79. The van der Waals surface area contributed by atoms with Crippen molar-refractivity contribution in [2.24, 2.45) is 5.92 Å². The van der Waals surface area contributed by atoms with Crippen LogP contribution in [0.5, 0.6) is 11.5 Å². The second kappa shape index (κ2) is 6.02. The van der Waals surface area contributed by atoms with Crippen molar-refractivity contribution in [2.75, 3.05) is 6.54 Å². The van der Waals surface area contributed by atoms with Gasteiger partial charge in [-0.15, -0.1) is 0 Å². The Morgan fingerprint density at radius 1 is 1.35 bits per heavy atom. The molecule has 0 amide bonds. The average Bonchev–Trinajstić information content (AvgIpc) is 2.36. The van der Waals surface area contributed by atoms with Crippen LogP contribution in [-0.2, 0) is 0 Å². The standard InChI is InChI=1S/C16H25NO3/c1-11-5-4-8-16(20,9-11)10-17-12(2)15-13(18)6-3-7-14(15)19/h3,6-7,11-12,17-20H,4-5,8-10H2,1-2H3. The molecule has 0 saturated heterocycles. The highest BCUT2D eigenvalue weighted by Crippen LogP contribution is 2.34. The highest BCUT2D eigenvalue weighted by molar-refractivity contribution is 5.44. The predicted octanol–water partition coefficient (Wildman–Crippen LogP) is 2.69. The highest BCUT2D eigenvalue weighted by Gasteiger charge is 2.33. The summed E-state index contributed by atoms with van der Waals surface area (Å²) in [6, 6.07) is 4.52. The number of aliphatic hydroxyl groups is 1. The quantitative estimate of drug-likeness (QED) is 0.684. The highest BCUT2D eigenvalue weighted by atomic mass is 16.3. The Balaban J connectivity index is 2.00. The summed E-state index contributed by atoms with van der Waals surface area (Å²) in [5.41, 5.74) is -0.189. The van der Waals surface area contributed by atoms with E-state index < -0.39 is 5.60 Å². The molecule has 2 rings (SSSR count). The van der Waals surface area contributed by atoms with E-state index in [1.165, 1.54) is 6.42 Å². The van der Waals surface area contributed by atoms with Gasteiger partial charge in [0.05, 0.1) is 11.2 Å². The van der Waals surface area contributed by atoms with Gasteiger partial charge in [-0.25, -0.2) is 0 Å². The molecule has 4 heteroatoms. The van der Waals surface area contributed by atoms with E-state index in [2.05, 4.69) is 12.2 Å². The van der Waals surface area contributed by atoms with Crippen molar-refractivity contribution in [3.8, 4) is 11.5 Å². The van der Waals surface area contributed by atoms with Gasteiger partial charge in [0.2, 0.25) is 0 Å². The van der Waals surface area contributed by atoms with Gasteiger partial charge in [0.1, 0.15) is 11.5 Å². The third kappa shape index (κ3) is 3.44. The molecule has 3 atom stereocenters. The molecule has 3 unspecified atom stereocenters. The number of nitrogens with one attached hydrogen (secondary N) is 1. The average molecular weight is 279 g/mol. The van der Waals surface area contributed by atoms with Crippen LogP contribution in [0.4, 0.5) is 0 Å². The summed E-state index contributed by atoms with van der Waals surface area (Å²) in [4.78, 5) is 0. The predicted molar refractivity (Wildman–Crippen MR) is 78.8 cm³/mol. The maximum atomic E-state index is 10.6. The van der Waals surface area contributed by atoms with Gasteiger partial charge in [-0.3, -0.25) is 0 Å². The molecule has 0 aliphatic heterocycles. The summed E-state index contributed by atoms with van der Waals surface area (Å²) in [6.07, 6.45) is 3.84. The molecule has 112 valence electrons. The first-order valence-electron chi connectivity index (χ1n) is 7.38. The van der Waals surface area contributed by atoms with E-state index in [0.717, 1.165) is 19.3 Å². The summed E-state index contributed by atoms with van der Waals surface area (Å²) in [5, 5.41) is 33.5. The molecule has 1 aromatic carbocycles. The van der Waals surface area contributed by atoms with Crippen LogP contribution in [0.25, 0.3) is 0 Å². The van der Waals surface area contributed by atoms with E-state index in [1.807, 2.05) is 6.92 Å². The van der Waals surface area contributed by atoms with Crippen molar-refractivity contribution in [1.29, 1.82) is 0 Å². The first-order chi connectivity index (χ1) is 9.41. The maximum absolute atomic E-state index is 10.6. The van der Waals surface area contributed by atoms with E-state index in [4.69, 9.17) is 0 Å². The molecule has 0 spiro atoms. The minimum Gasteiger partial charge on any atom is -0.507 e. The molecule has 20 heavy (non-hydrogen) atoms. The Kier molecular flexibility index (Phi) is 4.55. The Morgan fingerprint density at radius 3 is 2.60 bits per heavy atom. The van der Waals surface area contributed by atoms with Gasteiger partial charge in [-0.1, -0.05) is 25.8 Å². The second-order valence-electron chi connectivity index (χ2n) is 6.24. The first-order valence-corrected chi connectivity index (χ1v) is 7.38. The van der Waals surface area contributed by atoms with E-state index in [-0.39, 0.29) is 17.5 Å². The van der Waals surface area contributed by atoms with Gasteiger partial charge >= 0.3 is 0 Å². The van der Waals surface area contributed by atoms with Gasteiger partial charge in [-0.2, -0.15) is 0 Å². The second-order valence-corrected chi connectivity index (χ2v) is 6.24. The summed E-state index contributed by atoms with van der Waals surface area (Å²) in [7, 11) is 0. The number of phenols is 2. The molecule has 0 radical (unpaired) electrons. The molecule has 1 aromatic rings. The third-order valence-corrected chi connectivity index (χ3v) is 4.30. The van der Waals surface area contributed by atoms with Crippen molar-refractivity contribution in [1.82, 2.24) is 5.32 Å². The van der Waals surface area contributed by atoms with Gasteiger partial charge in [-0.05, 0) is 37.8 Å². The minimum absolute atomic E-state index is 0.0778. The van der Waals surface area contributed by atoms with Crippen LogP contribution >= 0.6 is 0 Å². The maximum Gasteiger partial charge on any atom is 0.124 e. The molecule has 0 aromatic heterocycles.